The molecule has 1 aliphatic heterocycles. The van der Waals surface area contributed by atoms with Gasteiger partial charge in [-0.1, -0.05) is 24.3 Å². The van der Waals surface area contributed by atoms with Crippen LogP contribution < -0.4 is 4.90 Å². The predicted molar refractivity (Wildman–Crippen MR) is 134 cm³/mol. The van der Waals surface area contributed by atoms with E-state index in [1.165, 1.54) is 22.4 Å². The van der Waals surface area contributed by atoms with E-state index in [9.17, 15) is 5.11 Å². The first-order chi connectivity index (χ1) is 16.7. The smallest absolute Gasteiger partial charge is 0.159 e. The number of piperidine rings is 1. The van der Waals surface area contributed by atoms with E-state index in [2.05, 4.69) is 47.4 Å². The number of methoxy groups -OCH3 is 2. The molecule has 5 heteroatoms. The maximum atomic E-state index is 10.1. The number of nitrogens with zero attached hydrogens (tertiary/aromatic N) is 2. The largest absolute Gasteiger partial charge is 0.508 e. The van der Waals surface area contributed by atoms with Crippen LogP contribution in [0, 0.1) is 5.92 Å². The van der Waals surface area contributed by atoms with Crippen molar-refractivity contribution in [3.05, 3.63) is 89.2 Å². The second-order valence-corrected chi connectivity index (χ2v) is 9.52. The van der Waals surface area contributed by atoms with Crippen molar-refractivity contribution in [3.63, 3.8) is 0 Å². The van der Waals surface area contributed by atoms with Crippen molar-refractivity contribution in [2.75, 3.05) is 32.2 Å². The summed E-state index contributed by atoms with van der Waals surface area (Å²) >= 11 is 0. The Morgan fingerprint density at radius 3 is 2.38 bits per heavy atom. The minimum Gasteiger partial charge on any atom is -0.508 e. The lowest BCUT2D eigenvalue weighted by molar-refractivity contribution is -0.141. The number of aryl methyl sites for hydroxylation is 1. The molecule has 2 heterocycles. The van der Waals surface area contributed by atoms with Crippen molar-refractivity contribution >= 4 is 5.69 Å². The quantitative estimate of drug-likeness (QED) is 0.496. The molecule has 0 radical (unpaired) electrons. The number of benzene rings is 2. The van der Waals surface area contributed by atoms with Gasteiger partial charge in [0.05, 0.1) is 0 Å². The highest BCUT2D eigenvalue weighted by Gasteiger charge is 2.33. The van der Waals surface area contributed by atoms with E-state index in [0.717, 1.165) is 44.5 Å². The molecule has 1 aromatic heterocycles. The van der Waals surface area contributed by atoms with Crippen molar-refractivity contribution in [1.82, 2.24) is 4.98 Å². The van der Waals surface area contributed by atoms with Gasteiger partial charge in [-0.25, -0.2) is 0 Å². The van der Waals surface area contributed by atoms with Crippen LogP contribution in [0.2, 0.25) is 0 Å². The monoisotopic (exact) mass is 458 g/mol. The zero-order chi connectivity index (χ0) is 23.5. The summed E-state index contributed by atoms with van der Waals surface area (Å²) in [6.07, 6.45) is 5.89. The fraction of sp³-hybridized carbons (Fsp3) is 0.414. The van der Waals surface area contributed by atoms with Gasteiger partial charge in [0.1, 0.15) is 5.75 Å². The van der Waals surface area contributed by atoms with Gasteiger partial charge in [0.2, 0.25) is 0 Å². The number of hydrogen-bond acceptors (Lipinski definition) is 5. The lowest BCUT2D eigenvalue weighted by Gasteiger charge is -2.37. The van der Waals surface area contributed by atoms with Gasteiger partial charge in [-0.05, 0) is 78.8 Å². The molecule has 0 unspecified atom stereocenters. The van der Waals surface area contributed by atoms with Crippen molar-refractivity contribution < 1.29 is 14.6 Å². The van der Waals surface area contributed by atoms with Crippen molar-refractivity contribution in [2.24, 2.45) is 5.92 Å². The molecule has 1 fully saturated rings. The Kier molecular flexibility index (Phi) is 6.84. The SMILES string of the molecule is COC(OC)C1CCN(c2ccc([C@@H]3c4ccc(O)cc4CC[C@@H]3c3ccccn3)cc2)CC1. The second-order valence-electron chi connectivity index (χ2n) is 9.52. The molecule has 34 heavy (non-hydrogen) atoms. The summed E-state index contributed by atoms with van der Waals surface area (Å²) in [7, 11) is 3.45. The molecule has 1 saturated heterocycles. The maximum Gasteiger partial charge on any atom is 0.159 e. The number of rotatable bonds is 6. The third-order valence-corrected chi connectivity index (χ3v) is 7.66. The van der Waals surface area contributed by atoms with Crippen molar-refractivity contribution in [3.8, 4) is 5.75 Å². The molecule has 0 saturated carbocycles. The van der Waals surface area contributed by atoms with Crippen LogP contribution in [0.1, 0.15) is 53.5 Å². The van der Waals surface area contributed by atoms with E-state index in [4.69, 9.17) is 14.5 Å². The van der Waals surface area contributed by atoms with Gasteiger partial charge in [-0.3, -0.25) is 4.98 Å². The van der Waals surface area contributed by atoms with Crippen molar-refractivity contribution in [1.29, 1.82) is 0 Å². The Bertz CT molecular complexity index is 1070. The maximum absolute atomic E-state index is 10.1. The zero-order valence-electron chi connectivity index (χ0n) is 20.1. The van der Waals surface area contributed by atoms with Gasteiger partial charge in [0.15, 0.2) is 6.29 Å². The van der Waals surface area contributed by atoms with E-state index in [1.54, 1.807) is 14.2 Å². The standard InChI is InChI=1S/C29H34N2O3/c1-33-29(34-2)21-14-17-31(18-15-21)23-9-6-20(7-10-23)28-25-13-11-24(32)19-22(25)8-12-26(28)27-5-3-4-16-30-27/h3-7,9-11,13,16,19,21,26,28-29,32H,8,12,14-15,17-18H2,1-2H3/t26-,28-/m1/s1. The van der Waals surface area contributed by atoms with Gasteiger partial charge in [-0.2, -0.15) is 0 Å². The molecule has 0 amide bonds. The average molecular weight is 459 g/mol. The molecule has 0 bridgehead atoms. The Labute approximate surface area is 202 Å². The Morgan fingerprint density at radius 1 is 0.941 bits per heavy atom. The van der Waals surface area contributed by atoms with E-state index < -0.39 is 0 Å². The molecule has 3 aromatic rings. The molecular weight excluding hydrogens is 424 g/mol. The van der Waals surface area contributed by atoms with Crippen LogP contribution in [0.25, 0.3) is 0 Å². The third kappa shape index (κ3) is 4.55. The Hall–Kier alpha value is -2.89. The normalized spacial score (nSPS) is 21.0. The lowest BCUT2D eigenvalue weighted by atomic mass is 9.70. The summed E-state index contributed by atoms with van der Waals surface area (Å²) in [5, 5.41) is 10.1. The van der Waals surface area contributed by atoms with E-state index >= 15 is 0 Å². The lowest BCUT2D eigenvalue weighted by Crippen LogP contribution is -2.39. The number of phenolic OH excluding ortho intramolecular Hbond substituents is 1. The van der Waals surface area contributed by atoms with E-state index in [-0.39, 0.29) is 12.2 Å². The van der Waals surface area contributed by atoms with Crippen LogP contribution in [0.4, 0.5) is 5.69 Å². The number of ether oxygens (including phenoxy) is 2. The molecule has 1 N–H and O–H groups in total. The van der Waals surface area contributed by atoms with Gasteiger partial charge in [0, 0.05) is 62.6 Å². The first-order valence-electron chi connectivity index (χ1n) is 12.3. The van der Waals surface area contributed by atoms with Crippen LogP contribution >= 0.6 is 0 Å². The highest BCUT2D eigenvalue weighted by atomic mass is 16.7. The minimum absolute atomic E-state index is 0.112. The molecule has 2 aliphatic rings. The van der Waals surface area contributed by atoms with Crippen LogP contribution in [0.5, 0.6) is 5.75 Å². The highest BCUT2D eigenvalue weighted by molar-refractivity contribution is 5.52. The highest BCUT2D eigenvalue weighted by Crippen LogP contribution is 2.46. The summed E-state index contributed by atoms with van der Waals surface area (Å²) in [5.41, 5.74) is 6.26. The molecule has 1 aliphatic carbocycles. The molecule has 5 nitrogen and oxygen atoms in total. The third-order valence-electron chi connectivity index (χ3n) is 7.66. The molecule has 0 spiro atoms. The van der Waals surface area contributed by atoms with E-state index in [1.807, 2.05) is 24.4 Å². The van der Waals surface area contributed by atoms with Gasteiger partial charge >= 0.3 is 0 Å². The summed E-state index contributed by atoms with van der Waals surface area (Å²) in [6.45, 7) is 2.02. The van der Waals surface area contributed by atoms with Gasteiger partial charge < -0.3 is 19.5 Å². The fourth-order valence-electron chi connectivity index (χ4n) is 5.94. The van der Waals surface area contributed by atoms with E-state index in [0.29, 0.717) is 17.6 Å². The minimum atomic E-state index is -0.112. The molecule has 5 rings (SSSR count). The average Bonchev–Trinajstić information content (AvgIpc) is 2.90. The van der Waals surface area contributed by atoms with Crippen LogP contribution in [0.3, 0.4) is 0 Å². The predicted octanol–water partition coefficient (Wildman–Crippen LogP) is 5.48. The summed E-state index contributed by atoms with van der Waals surface area (Å²) < 4.78 is 11.0. The number of aromatic nitrogens is 1. The number of fused-ring (bicyclic) bond motifs is 1. The summed E-state index contributed by atoms with van der Waals surface area (Å²) in [6, 6.07) is 21.2. The first-order valence-corrected chi connectivity index (χ1v) is 12.3. The van der Waals surface area contributed by atoms with Gasteiger partial charge in [-0.15, -0.1) is 0 Å². The number of aromatic hydroxyl groups is 1. The number of hydrogen-bond donors (Lipinski definition) is 1. The van der Waals surface area contributed by atoms with Crippen molar-refractivity contribution in [2.45, 2.75) is 43.8 Å². The van der Waals surface area contributed by atoms with Gasteiger partial charge in [0.25, 0.3) is 0 Å². The zero-order valence-corrected chi connectivity index (χ0v) is 20.1. The Morgan fingerprint density at radius 2 is 1.71 bits per heavy atom. The second kappa shape index (κ2) is 10.2. The Balaban J connectivity index is 1.40. The number of phenols is 1. The molecular formula is C29H34N2O3. The topological polar surface area (TPSA) is 54.8 Å². The van der Waals surface area contributed by atoms with Crippen LogP contribution in [0.15, 0.2) is 66.9 Å². The fourth-order valence-corrected chi connectivity index (χ4v) is 5.94. The van der Waals surface area contributed by atoms with Crippen LogP contribution in [-0.2, 0) is 15.9 Å². The molecule has 2 aromatic carbocycles. The molecule has 178 valence electrons. The summed E-state index contributed by atoms with van der Waals surface area (Å²) in [4.78, 5) is 7.18. The first kappa shape index (κ1) is 22.9. The number of pyridine rings is 1. The number of anilines is 1. The van der Waals surface area contributed by atoms with Crippen LogP contribution in [-0.4, -0.2) is 43.7 Å². The molecule has 2 atom stereocenters. The summed E-state index contributed by atoms with van der Waals surface area (Å²) in [5.74, 6) is 1.33.